The van der Waals surface area contributed by atoms with Gasteiger partial charge in [0.05, 0.1) is 0 Å². The molecule has 0 saturated heterocycles. The quantitative estimate of drug-likeness (QED) is 0.571. The van der Waals surface area contributed by atoms with Gasteiger partial charge in [-0.1, -0.05) is 0 Å². The van der Waals surface area contributed by atoms with E-state index in [0.717, 1.165) is 0 Å². The van der Waals surface area contributed by atoms with Crippen molar-refractivity contribution in [3.8, 4) is 0 Å². The summed E-state index contributed by atoms with van der Waals surface area (Å²) in [7, 11) is 0. The first-order chi connectivity index (χ1) is 6.38. The predicted molar refractivity (Wildman–Crippen MR) is 28.7 cm³/mol. The monoisotopic (exact) mass is 244 g/mol. The lowest BCUT2D eigenvalue weighted by Crippen LogP contribution is -2.65. The summed E-state index contributed by atoms with van der Waals surface area (Å²) >= 11 is 0. The van der Waals surface area contributed by atoms with Gasteiger partial charge in [-0.2, -0.15) is 26.3 Å². The lowest BCUT2D eigenvalue weighted by Gasteiger charge is -2.45. The molecule has 0 unspecified atom stereocenters. The van der Waals surface area contributed by atoms with E-state index >= 15 is 0 Å². The molecule has 0 aromatic carbocycles. The van der Waals surface area contributed by atoms with Crippen molar-refractivity contribution in [2.24, 2.45) is 5.41 Å². The third-order valence-electron chi connectivity index (χ3n) is 2.02. The van der Waals surface area contributed by atoms with Crippen LogP contribution < -0.4 is 0 Å². The summed E-state index contributed by atoms with van der Waals surface area (Å²) in [5, 5.41) is 0. The minimum Gasteiger partial charge on any atom is -0.210 e. The van der Waals surface area contributed by atoms with Crippen LogP contribution in [0.25, 0.3) is 0 Å². The topological polar surface area (TPSA) is 0 Å². The summed E-state index contributed by atoms with van der Waals surface area (Å²) in [6.07, 6.45) is -13.9. The second-order valence-corrected chi connectivity index (χ2v) is 2.86. The smallest absolute Gasteiger partial charge is 0.210 e. The number of alkyl halides is 8. The van der Waals surface area contributed by atoms with E-state index in [1.54, 1.807) is 0 Å². The number of halogens is 9. The normalized spacial score (nSPS) is 24.5. The first kappa shape index (κ1) is 12.2. The molecule has 0 fully saturated rings. The van der Waals surface area contributed by atoms with Crippen LogP contribution >= 0.6 is 0 Å². The lowest BCUT2D eigenvalue weighted by molar-refractivity contribution is -0.391. The van der Waals surface area contributed by atoms with Crippen LogP contribution in [0, 0.1) is 5.41 Å². The lowest BCUT2D eigenvalue weighted by atomic mass is 9.69. The van der Waals surface area contributed by atoms with Crippen molar-refractivity contribution in [1.29, 1.82) is 0 Å². The van der Waals surface area contributed by atoms with Crippen LogP contribution in [0.1, 0.15) is 0 Å². The summed E-state index contributed by atoms with van der Waals surface area (Å²) in [6, 6.07) is 0. The minimum atomic E-state index is -6.44. The van der Waals surface area contributed by atoms with Crippen molar-refractivity contribution in [1.82, 2.24) is 0 Å². The summed E-state index contributed by atoms with van der Waals surface area (Å²) in [6.45, 7) is 0. The zero-order valence-corrected chi connectivity index (χ0v) is 6.48. The highest BCUT2D eigenvalue weighted by molar-refractivity contribution is 5.35. The largest absolute Gasteiger partial charge is 0.415 e. The van der Waals surface area contributed by atoms with Gasteiger partial charge in [-0.3, -0.25) is 0 Å². The number of hydrogen-bond acceptors (Lipinski definition) is 0. The van der Waals surface area contributed by atoms with E-state index in [2.05, 4.69) is 0 Å². The molecule has 1 aliphatic carbocycles. The van der Waals surface area contributed by atoms with Gasteiger partial charge < -0.3 is 0 Å². The fraction of sp³-hybridized carbons (Fsp3) is 0.667. The Balaban J connectivity index is 3.44. The molecule has 0 amide bonds. The Bertz CT molecular complexity index is 290. The summed E-state index contributed by atoms with van der Waals surface area (Å²) < 4.78 is 108. The molecule has 0 atom stereocenters. The Hall–Kier alpha value is -0.890. The van der Waals surface area contributed by atoms with E-state index in [0.29, 0.717) is 0 Å². The van der Waals surface area contributed by atoms with Crippen molar-refractivity contribution < 1.29 is 39.5 Å². The van der Waals surface area contributed by atoms with Crippen LogP contribution in [-0.2, 0) is 0 Å². The fourth-order valence-electron chi connectivity index (χ4n) is 1.27. The zero-order valence-electron chi connectivity index (χ0n) is 6.48. The Morgan fingerprint density at radius 2 is 1.20 bits per heavy atom. The van der Waals surface area contributed by atoms with Crippen molar-refractivity contribution >= 4 is 0 Å². The molecule has 0 bridgehead atoms. The minimum absolute atomic E-state index is 0.992. The molecule has 0 spiro atoms. The molecule has 9 heteroatoms. The average Bonchev–Trinajstić information content (AvgIpc) is 1.74. The maximum atomic E-state index is 12.3. The predicted octanol–water partition coefficient (Wildman–Crippen LogP) is 3.60. The molecule has 1 aliphatic rings. The van der Waals surface area contributed by atoms with Crippen LogP contribution in [0.2, 0.25) is 0 Å². The van der Waals surface area contributed by atoms with Crippen LogP contribution in [-0.4, -0.2) is 18.3 Å². The van der Waals surface area contributed by atoms with Gasteiger partial charge in [0.15, 0.2) is 0 Å². The first-order valence-electron chi connectivity index (χ1n) is 3.28. The maximum Gasteiger partial charge on any atom is 0.415 e. The highest BCUT2D eigenvalue weighted by Crippen LogP contribution is 2.68. The maximum absolute atomic E-state index is 12.3. The Labute approximate surface area is 76.4 Å². The summed E-state index contributed by atoms with van der Waals surface area (Å²) in [5.41, 5.74) is -5.69. The molecular weight excluding hydrogens is 243 g/mol. The van der Waals surface area contributed by atoms with E-state index in [1.807, 2.05) is 0 Å². The second kappa shape index (κ2) is 2.62. The van der Waals surface area contributed by atoms with Gasteiger partial charge in [0.2, 0.25) is 0 Å². The number of rotatable bonds is 0. The van der Waals surface area contributed by atoms with Gasteiger partial charge in [0.1, 0.15) is 5.83 Å². The van der Waals surface area contributed by atoms with Gasteiger partial charge in [-0.05, 0) is 0 Å². The highest BCUT2D eigenvalue weighted by atomic mass is 19.4. The number of allylic oxidation sites excluding steroid dienone is 2. The average molecular weight is 244 g/mol. The van der Waals surface area contributed by atoms with E-state index in [4.69, 9.17) is 0 Å². The van der Waals surface area contributed by atoms with Crippen LogP contribution in [0.5, 0.6) is 0 Å². The van der Waals surface area contributed by atoms with Gasteiger partial charge in [0, 0.05) is 6.08 Å². The molecule has 15 heavy (non-hydrogen) atoms. The molecule has 0 saturated carbocycles. The van der Waals surface area contributed by atoms with Crippen LogP contribution in [0.15, 0.2) is 11.9 Å². The molecule has 0 radical (unpaired) electrons. The van der Waals surface area contributed by atoms with Crippen LogP contribution in [0.4, 0.5) is 39.5 Å². The third kappa shape index (κ3) is 1.18. The van der Waals surface area contributed by atoms with Crippen molar-refractivity contribution in [3.63, 3.8) is 0 Å². The van der Waals surface area contributed by atoms with Gasteiger partial charge in [0.25, 0.3) is 11.3 Å². The molecular formula is C6HF9. The third-order valence-corrected chi connectivity index (χ3v) is 2.02. The fourth-order valence-corrected chi connectivity index (χ4v) is 1.27. The van der Waals surface area contributed by atoms with Gasteiger partial charge in [-0.15, -0.1) is 0 Å². The van der Waals surface area contributed by atoms with Crippen molar-refractivity contribution in [2.75, 3.05) is 0 Å². The van der Waals surface area contributed by atoms with E-state index in [9.17, 15) is 39.5 Å². The van der Waals surface area contributed by atoms with Crippen LogP contribution in [0.3, 0.4) is 0 Å². The van der Waals surface area contributed by atoms with E-state index < -0.39 is 35.6 Å². The first-order valence-corrected chi connectivity index (χ1v) is 3.28. The summed E-state index contributed by atoms with van der Waals surface area (Å²) in [5.74, 6) is -8.24. The molecule has 0 N–H and O–H groups in total. The molecule has 0 nitrogen and oxygen atoms in total. The summed E-state index contributed by atoms with van der Waals surface area (Å²) in [4.78, 5) is 0. The van der Waals surface area contributed by atoms with E-state index in [-0.39, 0.29) is 0 Å². The standard InChI is InChI=1S/C6HF9/c7-2-1-3(8,9)4(2,5(10,11)12)6(13,14)15/h1H. The Morgan fingerprint density at radius 3 is 1.27 bits per heavy atom. The molecule has 0 heterocycles. The molecule has 0 aliphatic heterocycles. The number of hydrogen-bond donors (Lipinski definition) is 0. The van der Waals surface area contributed by atoms with Crippen molar-refractivity contribution in [3.05, 3.63) is 11.9 Å². The molecule has 88 valence electrons. The van der Waals surface area contributed by atoms with Gasteiger partial charge >= 0.3 is 12.4 Å². The second-order valence-electron chi connectivity index (χ2n) is 2.86. The Kier molecular flexibility index (Phi) is 2.12. The Morgan fingerprint density at radius 1 is 0.867 bits per heavy atom. The van der Waals surface area contributed by atoms with Crippen molar-refractivity contribution in [2.45, 2.75) is 18.3 Å². The zero-order chi connectivity index (χ0) is 12.3. The molecule has 1 rings (SSSR count). The highest BCUT2D eigenvalue weighted by Gasteiger charge is 2.88. The SMILES string of the molecule is FC1=CC(F)(F)C1(C(F)(F)F)C(F)(F)F. The van der Waals surface area contributed by atoms with E-state index in [1.165, 1.54) is 0 Å². The molecule has 0 aromatic heterocycles. The molecule has 0 aromatic rings. The van der Waals surface area contributed by atoms with Gasteiger partial charge in [-0.25, -0.2) is 13.2 Å².